The Morgan fingerprint density at radius 2 is 1.92 bits per heavy atom. The van der Waals surface area contributed by atoms with Crippen molar-refractivity contribution in [3.8, 4) is 5.75 Å². The van der Waals surface area contributed by atoms with E-state index in [1.54, 1.807) is 0 Å². The zero-order valence-electron chi connectivity index (χ0n) is 7.58. The molecule has 1 rings (SSSR count). The Morgan fingerprint density at radius 1 is 1.25 bits per heavy atom. The lowest BCUT2D eigenvalue weighted by atomic mass is 10.1. The van der Waals surface area contributed by atoms with Crippen molar-refractivity contribution < 1.29 is 4.74 Å². The van der Waals surface area contributed by atoms with Crippen molar-refractivity contribution in [2.24, 2.45) is 0 Å². The first kappa shape index (κ1) is 8.85. The van der Waals surface area contributed by atoms with Crippen molar-refractivity contribution >= 4 is 0 Å². The third-order valence-corrected chi connectivity index (χ3v) is 1.48. The average Bonchev–Trinajstić information content (AvgIpc) is 2.05. The van der Waals surface area contributed by atoms with E-state index in [9.17, 15) is 0 Å². The average molecular weight is 161 g/mol. The zero-order chi connectivity index (χ0) is 8.81. The Kier molecular flexibility index (Phi) is 3.39. The van der Waals surface area contributed by atoms with E-state index in [1.165, 1.54) is 5.57 Å². The minimum atomic E-state index is 0.659. The quantitative estimate of drug-likeness (QED) is 0.619. The molecule has 0 unspecified atom stereocenters. The SMILES string of the molecule is C/C([11CH3])=C\COc1ccccc1. The molecule has 0 spiro atoms. The Labute approximate surface area is 73.7 Å². The van der Waals surface area contributed by atoms with Gasteiger partial charge in [0.2, 0.25) is 0 Å². The van der Waals surface area contributed by atoms with Crippen LogP contribution >= 0.6 is 0 Å². The fourth-order valence-electron chi connectivity index (χ4n) is 0.821. The Bertz CT molecular complexity index is 245. The second kappa shape index (κ2) is 4.60. The predicted octanol–water partition coefficient (Wildman–Crippen LogP) is 3.03. The molecule has 0 aliphatic rings. The number of hydrogen-bond donors (Lipinski definition) is 0. The van der Waals surface area contributed by atoms with Crippen LogP contribution in [0.5, 0.6) is 5.75 Å². The van der Waals surface area contributed by atoms with Crippen molar-refractivity contribution in [3.63, 3.8) is 0 Å². The Hall–Kier alpha value is -1.24. The number of rotatable bonds is 3. The standard InChI is InChI=1S/C11H14O/c1-10(2)8-9-12-11-6-4-3-5-7-11/h3-8H,9H2,1-2H3/i1-1/b10-8-. The van der Waals surface area contributed by atoms with E-state index in [1.807, 2.05) is 30.3 Å². The second-order valence-corrected chi connectivity index (χ2v) is 2.91. The number of hydrogen-bond acceptors (Lipinski definition) is 1. The van der Waals surface area contributed by atoms with Gasteiger partial charge in [0.1, 0.15) is 12.4 Å². The molecule has 0 bridgehead atoms. The molecule has 0 aromatic heterocycles. The maximum absolute atomic E-state index is 5.44. The first-order chi connectivity index (χ1) is 5.79. The molecule has 0 radical (unpaired) electrons. The van der Waals surface area contributed by atoms with E-state index >= 15 is 0 Å². The van der Waals surface area contributed by atoms with Gasteiger partial charge in [0.05, 0.1) is 0 Å². The summed E-state index contributed by atoms with van der Waals surface area (Å²) in [5.74, 6) is 0.926. The number of benzene rings is 1. The van der Waals surface area contributed by atoms with Gasteiger partial charge in [0.25, 0.3) is 0 Å². The van der Waals surface area contributed by atoms with Crippen LogP contribution in [0.3, 0.4) is 0 Å². The predicted molar refractivity (Wildman–Crippen MR) is 51.4 cm³/mol. The lowest BCUT2D eigenvalue weighted by molar-refractivity contribution is 0.362. The van der Waals surface area contributed by atoms with Crippen LogP contribution in [0.15, 0.2) is 42.0 Å². The molecular formula is C11H14O. The number of ether oxygens (including phenoxy) is 1. The molecule has 1 aromatic rings. The van der Waals surface area contributed by atoms with Crippen LogP contribution in [0.4, 0.5) is 0 Å². The van der Waals surface area contributed by atoms with Crippen LogP contribution in [0.1, 0.15) is 13.8 Å². The van der Waals surface area contributed by atoms with E-state index in [2.05, 4.69) is 19.9 Å². The zero-order valence-corrected chi connectivity index (χ0v) is 7.58. The molecule has 0 saturated heterocycles. The van der Waals surface area contributed by atoms with E-state index in [0.29, 0.717) is 6.61 Å². The molecule has 1 heteroatoms. The normalized spacial score (nSPS) is 11.3. The van der Waals surface area contributed by atoms with Gasteiger partial charge in [-0.1, -0.05) is 23.8 Å². The second-order valence-electron chi connectivity index (χ2n) is 2.91. The fourth-order valence-corrected chi connectivity index (χ4v) is 0.821. The summed E-state index contributed by atoms with van der Waals surface area (Å²) in [6, 6.07) is 9.83. The summed E-state index contributed by atoms with van der Waals surface area (Å²) >= 11 is 0. The van der Waals surface area contributed by atoms with Gasteiger partial charge in [0, 0.05) is 0 Å². The number of para-hydroxylation sites is 1. The van der Waals surface area contributed by atoms with Crippen molar-refractivity contribution in [2.45, 2.75) is 13.8 Å². The molecule has 0 heterocycles. The van der Waals surface area contributed by atoms with E-state index in [4.69, 9.17) is 4.74 Å². The van der Waals surface area contributed by atoms with Crippen LogP contribution in [0.2, 0.25) is 0 Å². The van der Waals surface area contributed by atoms with Crippen molar-refractivity contribution in [1.29, 1.82) is 0 Å². The van der Waals surface area contributed by atoms with Crippen LogP contribution in [-0.4, -0.2) is 6.61 Å². The third kappa shape index (κ3) is 3.24. The van der Waals surface area contributed by atoms with E-state index in [-0.39, 0.29) is 0 Å². The molecule has 0 aliphatic carbocycles. The summed E-state index contributed by atoms with van der Waals surface area (Å²) in [5.41, 5.74) is 1.28. The molecule has 64 valence electrons. The molecule has 12 heavy (non-hydrogen) atoms. The van der Waals surface area contributed by atoms with Gasteiger partial charge in [-0.3, -0.25) is 0 Å². The van der Waals surface area contributed by atoms with Gasteiger partial charge in [-0.15, -0.1) is 0 Å². The van der Waals surface area contributed by atoms with Gasteiger partial charge in [-0.25, -0.2) is 0 Å². The van der Waals surface area contributed by atoms with Gasteiger partial charge in [0.15, 0.2) is 0 Å². The molecule has 0 aliphatic heterocycles. The molecule has 0 atom stereocenters. The van der Waals surface area contributed by atoms with Crippen molar-refractivity contribution in [3.05, 3.63) is 42.0 Å². The minimum Gasteiger partial charge on any atom is -0.490 e. The fraction of sp³-hybridized carbons (Fsp3) is 0.273. The highest BCUT2D eigenvalue weighted by Crippen LogP contribution is 2.07. The monoisotopic (exact) mass is 161 g/mol. The smallest absolute Gasteiger partial charge is 0.119 e. The lowest BCUT2D eigenvalue weighted by Crippen LogP contribution is -1.93. The maximum atomic E-state index is 5.44. The first-order valence-corrected chi connectivity index (χ1v) is 4.10. The summed E-state index contributed by atoms with van der Waals surface area (Å²) in [6.45, 7) is 4.79. The largest absolute Gasteiger partial charge is 0.490 e. The summed E-state index contributed by atoms with van der Waals surface area (Å²) in [5, 5.41) is 0. The van der Waals surface area contributed by atoms with Gasteiger partial charge >= 0.3 is 0 Å². The van der Waals surface area contributed by atoms with Crippen LogP contribution < -0.4 is 4.74 Å². The van der Waals surface area contributed by atoms with Crippen molar-refractivity contribution in [2.75, 3.05) is 6.61 Å². The Balaban J connectivity index is 2.39. The lowest BCUT2D eigenvalue weighted by Gasteiger charge is -2.01. The van der Waals surface area contributed by atoms with Gasteiger partial charge in [-0.2, -0.15) is 0 Å². The molecule has 0 N–H and O–H groups in total. The molecule has 0 amide bonds. The molecule has 0 fully saturated rings. The molecule has 1 nitrogen and oxygen atoms in total. The summed E-state index contributed by atoms with van der Waals surface area (Å²) in [7, 11) is 0. The minimum absolute atomic E-state index is 0.659. The van der Waals surface area contributed by atoms with Crippen LogP contribution in [0.25, 0.3) is 0 Å². The number of allylic oxidation sites excluding steroid dienone is 1. The van der Waals surface area contributed by atoms with Gasteiger partial charge < -0.3 is 4.74 Å². The highest BCUT2D eigenvalue weighted by atomic mass is 16.5. The van der Waals surface area contributed by atoms with E-state index < -0.39 is 0 Å². The van der Waals surface area contributed by atoms with E-state index in [0.717, 1.165) is 5.75 Å². The van der Waals surface area contributed by atoms with Crippen LogP contribution in [0, 0.1) is 0 Å². The van der Waals surface area contributed by atoms with Crippen LogP contribution in [-0.2, 0) is 0 Å². The highest BCUT2D eigenvalue weighted by Gasteiger charge is 1.87. The highest BCUT2D eigenvalue weighted by molar-refractivity contribution is 5.21. The van der Waals surface area contributed by atoms with Crippen molar-refractivity contribution in [1.82, 2.24) is 0 Å². The first-order valence-electron chi connectivity index (χ1n) is 4.10. The molecule has 1 aromatic carbocycles. The molecular weight excluding hydrogens is 147 g/mol. The van der Waals surface area contributed by atoms with Gasteiger partial charge in [-0.05, 0) is 32.1 Å². The summed E-state index contributed by atoms with van der Waals surface area (Å²) < 4.78 is 5.44. The molecule has 0 saturated carbocycles. The summed E-state index contributed by atoms with van der Waals surface area (Å²) in [6.07, 6.45) is 2.06. The third-order valence-electron chi connectivity index (χ3n) is 1.48. The topological polar surface area (TPSA) is 9.23 Å². The summed E-state index contributed by atoms with van der Waals surface area (Å²) in [4.78, 5) is 0. The maximum Gasteiger partial charge on any atom is 0.119 e. The Morgan fingerprint density at radius 3 is 2.50 bits per heavy atom.